The Kier molecular flexibility index (Phi) is 4.73. The van der Waals surface area contributed by atoms with Crippen molar-refractivity contribution >= 4 is 48.0 Å². The number of nitro groups is 1. The molecule has 0 amide bonds. The van der Waals surface area contributed by atoms with Crippen LogP contribution >= 0.6 is 33.3 Å². The lowest BCUT2D eigenvalue weighted by atomic mass is 10.0. The Bertz CT molecular complexity index is 546. The van der Waals surface area contributed by atoms with Gasteiger partial charge in [0.05, 0.1) is 10.7 Å². The van der Waals surface area contributed by atoms with E-state index >= 15 is 0 Å². The molecule has 0 saturated heterocycles. The van der Waals surface area contributed by atoms with Gasteiger partial charge in [0.25, 0.3) is 5.69 Å². The van der Waals surface area contributed by atoms with E-state index in [1.807, 2.05) is 22.6 Å². The molecule has 1 atom stereocenters. The van der Waals surface area contributed by atoms with Gasteiger partial charge in [-0.3, -0.25) is 10.1 Å². The summed E-state index contributed by atoms with van der Waals surface area (Å²) in [5.74, 6) is -0.842. The maximum atomic E-state index is 11.0. The molecule has 0 saturated carbocycles. The zero-order valence-corrected chi connectivity index (χ0v) is 12.5. The van der Waals surface area contributed by atoms with Crippen molar-refractivity contribution in [3.63, 3.8) is 0 Å². The second-order valence-corrected chi connectivity index (χ2v) is 7.63. The monoisotopic (exact) mass is 389 g/mol. The predicted octanol–water partition coefficient (Wildman–Crippen LogP) is 2.87. The molecule has 8 heteroatoms. The van der Waals surface area contributed by atoms with Crippen LogP contribution in [0.5, 0.6) is 0 Å². The van der Waals surface area contributed by atoms with Crippen LogP contribution in [0.15, 0.2) is 18.2 Å². The number of hydrogen-bond acceptors (Lipinski definition) is 4. The van der Waals surface area contributed by atoms with Crippen molar-refractivity contribution in [3.8, 4) is 0 Å². The van der Waals surface area contributed by atoms with Gasteiger partial charge in [0.2, 0.25) is 9.05 Å². The molecule has 0 spiro atoms. The van der Waals surface area contributed by atoms with Crippen LogP contribution in [0.1, 0.15) is 18.4 Å². The summed E-state index contributed by atoms with van der Waals surface area (Å²) in [6.07, 6.45) is 0. The highest BCUT2D eigenvalue weighted by Crippen LogP contribution is 2.29. The Morgan fingerprint density at radius 3 is 2.59 bits per heavy atom. The van der Waals surface area contributed by atoms with Crippen LogP contribution in [0, 0.1) is 13.7 Å². The van der Waals surface area contributed by atoms with Crippen LogP contribution < -0.4 is 0 Å². The first kappa shape index (κ1) is 14.7. The topological polar surface area (TPSA) is 77.3 Å². The molecule has 0 aliphatic heterocycles. The molecule has 0 fully saturated rings. The summed E-state index contributed by atoms with van der Waals surface area (Å²) in [7, 11) is 1.47. The third-order valence-electron chi connectivity index (χ3n) is 2.17. The Morgan fingerprint density at radius 2 is 2.12 bits per heavy atom. The Hall–Kier alpha value is -0.410. The van der Waals surface area contributed by atoms with Crippen LogP contribution in [0.2, 0.25) is 0 Å². The maximum Gasteiger partial charge on any atom is 0.273 e. The second-order valence-electron chi connectivity index (χ2n) is 3.57. The maximum absolute atomic E-state index is 11.0. The smallest absolute Gasteiger partial charge is 0.258 e. The average molecular weight is 390 g/mol. The van der Waals surface area contributed by atoms with Crippen LogP contribution in [0.3, 0.4) is 0 Å². The highest BCUT2D eigenvalue weighted by molar-refractivity contribution is 14.1. The number of nitro benzene ring substituents is 1. The standard InChI is InChI=1S/C9H9ClINO4S/c1-6(5-17(10,15)16)8-3-2-7(11)4-9(8)12(13)14/h2-4,6H,5H2,1H3. The molecule has 0 bridgehead atoms. The molecule has 0 aliphatic carbocycles. The quantitative estimate of drug-likeness (QED) is 0.343. The van der Waals surface area contributed by atoms with Gasteiger partial charge in [0, 0.05) is 31.8 Å². The van der Waals surface area contributed by atoms with Crippen molar-refractivity contribution < 1.29 is 13.3 Å². The molecule has 1 unspecified atom stereocenters. The Balaban J connectivity index is 3.17. The molecule has 0 aliphatic rings. The van der Waals surface area contributed by atoms with Gasteiger partial charge in [-0.15, -0.1) is 0 Å². The molecule has 1 rings (SSSR count). The zero-order chi connectivity index (χ0) is 13.2. The first-order valence-electron chi connectivity index (χ1n) is 4.57. The van der Waals surface area contributed by atoms with E-state index in [0.717, 1.165) is 3.57 Å². The number of benzene rings is 1. The molecule has 17 heavy (non-hydrogen) atoms. The summed E-state index contributed by atoms with van der Waals surface area (Å²) in [6, 6.07) is 4.67. The first-order chi connectivity index (χ1) is 7.70. The Morgan fingerprint density at radius 1 is 1.53 bits per heavy atom. The minimum absolute atomic E-state index is 0.0790. The summed E-state index contributed by atoms with van der Waals surface area (Å²) in [4.78, 5) is 10.3. The van der Waals surface area contributed by atoms with Gasteiger partial charge in [-0.05, 0) is 28.7 Å². The van der Waals surface area contributed by atoms with Crippen molar-refractivity contribution in [2.75, 3.05) is 5.75 Å². The molecule has 0 radical (unpaired) electrons. The lowest BCUT2D eigenvalue weighted by Gasteiger charge is -2.10. The molecule has 5 nitrogen and oxygen atoms in total. The van der Waals surface area contributed by atoms with Crippen molar-refractivity contribution in [3.05, 3.63) is 37.4 Å². The van der Waals surface area contributed by atoms with E-state index in [2.05, 4.69) is 0 Å². The van der Waals surface area contributed by atoms with E-state index in [9.17, 15) is 18.5 Å². The van der Waals surface area contributed by atoms with E-state index in [1.165, 1.54) is 6.07 Å². The summed E-state index contributed by atoms with van der Waals surface area (Å²) in [5, 5.41) is 10.9. The van der Waals surface area contributed by atoms with Crippen molar-refractivity contribution in [1.82, 2.24) is 0 Å². The fourth-order valence-electron chi connectivity index (χ4n) is 1.48. The number of nitrogens with zero attached hydrogens (tertiary/aromatic N) is 1. The fraction of sp³-hybridized carbons (Fsp3) is 0.333. The van der Waals surface area contributed by atoms with Gasteiger partial charge in [0.15, 0.2) is 0 Å². The van der Waals surface area contributed by atoms with Crippen molar-refractivity contribution in [1.29, 1.82) is 0 Å². The van der Waals surface area contributed by atoms with Crippen molar-refractivity contribution in [2.24, 2.45) is 0 Å². The van der Waals surface area contributed by atoms with E-state index in [4.69, 9.17) is 10.7 Å². The number of rotatable bonds is 4. The second kappa shape index (κ2) is 5.49. The summed E-state index contributed by atoms with van der Waals surface area (Å²) < 4.78 is 22.6. The van der Waals surface area contributed by atoms with Gasteiger partial charge >= 0.3 is 0 Å². The summed E-state index contributed by atoms with van der Waals surface area (Å²) in [5.41, 5.74) is 0.296. The summed E-state index contributed by atoms with van der Waals surface area (Å²) >= 11 is 1.96. The number of halogens is 2. The van der Waals surface area contributed by atoms with Gasteiger partial charge in [-0.1, -0.05) is 13.0 Å². The highest BCUT2D eigenvalue weighted by Gasteiger charge is 2.22. The van der Waals surface area contributed by atoms with E-state index in [1.54, 1.807) is 19.1 Å². The SMILES string of the molecule is CC(CS(=O)(=O)Cl)c1ccc(I)cc1[N+](=O)[O-]. The largest absolute Gasteiger partial charge is 0.273 e. The van der Waals surface area contributed by atoms with Crippen LogP contribution in [-0.4, -0.2) is 19.1 Å². The first-order valence-corrected chi connectivity index (χ1v) is 8.12. The van der Waals surface area contributed by atoms with Crippen LogP contribution in [0.4, 0.5) is 5.69 Å². The van der Waals surface area contributed by atoms with E-state index < -0.39 is 19.9 Å². The van der Waals surface area contributed by atoms with Crippen molar-refractivity contribution in [2.45, 2.75) is 12.8 Å². The lowest BCUT2D eigenvalue weighted by molar-refractivity contribution is -0.385. The lowest BCUT2D eigenvalue weighted by Crippen LogP contribution is -2.09. The highest BCUT2D eigenvalue weighted by atomic mass is 127. The average Bonchev–Trinajstić information content (AvgIpc) is 2.14. The fourth-order valence-corrected chi connectivity index (χ4v) is 3.30. The molecule has 0 heterocycles. The summed E-state index contributed by atoms with van der Waals surface area (Å²) in [6.45, 7) is 1.59. The van der Waals surface area contributed by atoms with Crippen LogP contribution in [0.25, 0.3) is 0 Å². The van der Waals surface area contributed by atoms with Gasteiger partial charge in [-0.2, -0.15) is 0 Å². The minimum Gasteiger partial charge on any atom is -0.258 e. The third-order valence-corrected chi connectivity index (χ3v) is 4.12. The predicted molar refractivity (Wildman–Crippen MR) is 73.9 cm³/mol. The normalized spacial score (nSPS) is 13.4. The molecular weight excluding hydrogens is 381 g/mol. The molecule has 0 aromatic heterocycles. The van der Waals surface area contributed by atoms with Gasteiger partial charge < -0.3 is 0 Å². The molecule has 1 aromatic carbocycles. The minimum atomic E-state index is -3.68. The molecule has 1 aromatic rings. The zero-order valence-electron chi connectivity index (χ0n) is 8.76. The molecule has 94 valence electrons. The van der Waals surface area contributed by atoms with Crippen LogP contribution in [-0.2, 0) is 9.05 Å². The number of hydrogen-bond donors (Lipinski definition) is 0. The van der Waals surface area contributed by atoms with E-state index in [-0.39, 0.29) is 11.4 Å². The van der Waals surface area contributed by atoms with E-state index in [0.29, 0.717) is 5.56 Å². The molecule has 0 N–H and O–H groups in total. The van der Waals surface area contributed by atoms with Gasteiger partial charge in [0.1, 0.15) is 0 Å². The van der Waals surface area contributed by atoms with Gasteiger partial charge in [-0.25, -0.2) is 8.42 Å². The molecular formula is C9H9ClINO4S. The third kappa shape index (κ3) is 4.40. The Labute approximate surface area is 117 Å².